The second kappa shape index (κ2) is 13.1. The normalized spacial score (nSPS) is 12.1. The summed E-state index contributed by atoms with van der Waals surface area (Å²) >= 11 is 2.64. The molecule has 2 N–H and O–H groups in total. The van der Waals surface area contributed by atoms with Crippen LogP contribution in [0.2, 0.25) is 0 Å². The van der Waals surface area contributed by atoms with E-state index in [1.54, 1.807) is 6.92 Å². The van der Waals surface area contributed by atoms with Gasteiger partial charge in [0.05, 0.1) is 31.0 Å². The Morgan fingerprint density at radius 1 is 1.10 bits per heavy atom. The molecule has 12 heteroatoms. The van der Waals surface area contributed by atoms with Gasteiger partial charge in [0.25, 0.3) is 5.91 Å². The fourth-order valence-electron chi connectivity index (χ4n) is 4.58. The number of hydrogen-bond donors (Lipinski definition) is 2. The third kappa shape index (κ3) is 6.83. The van der Waals surface area contributed by atoms with Crippen LogP contribution in [0.25, 0.3) is 0 Å². The van der Waals surface area contributed by atoms with Crippen molar-refractivity contribution in [3.05, 3.63) is 93.4 Å². The molecule has 1 aliphatic carbocycles. The van der Waals surface area contributed by atoms with Crippen LogP contribution in [0, 0.1) is 5.82 Å². The fraction of sp³-hybridized carbons (Fsp3) is 0.276. The number of carbonyl (C=O) groups is 3. The summed E-state index contributed by atoms with van der Waals surface area (Å²) in [5.74, 6) is -1.11. The average molecular weight is 594 g/mol. The summed E-state index contributed by atoms with van der Waals surface area (Å²) in [6.45, 7) is 2.50. The lowest BCUT2D eigenvalue weighted by molar-refractivity contribution is -0.113. The van der Waals surface area contributed by atoms with Gasteiger partial charge in [-0.1, -0.05) is 48.2 Å². The number of hydrogen-bond acceptors (Lipinski definition) is 8. The number of aromatic nitrogens is 3. The summed E-state index contributed by atoms with van der Waals surface area (Å²) in [5.41, 5.74) is 2.63. The Morgan fingerprint density at radius 3 is 2.71 bits per heavy atom. The first-order valence-electron chi connectivity index (χ1n) is 13.2. The fourth-order valence-corrected chi connectivity index (χ4v) is 6.63. The molecular weight excluding hydrogens is 565 g/mol. The van der Waals surface area contributed by atoms with E-state index in [-0.39, 0.29) is 30.4 Å². The van der Waals surface area contributed by atoms with Crippen LogP contribution in [-0.2, 0) is 35.5 Å². The Bertz CT molecular complexity index is 1570. The Labute approximate surface area is 244 Å². The van der Waals surface area contributed by atoms with Gasteiger partial charge < -0.3 is 19.9 Å². The highest BCUT2D eigenvalue weighted by Gasteiger charge is 2.28. The van der Waals surface area contributed by atoms with E-state index in [4.69, 9.17) is 4.74 Å². The van der Waals surface area contributed by atoms with Gasteiger partial charge in [0.15, 0.2) is 11.0 Å². The van der Waals surface area contributed by atoms with Crippen LogP contribution in [0.15, 0.2) is 59.8 Å². The first kappa shape index (κ1) is 28.5. The number of ether oxygens (including phenoxy) is 1. The minimum absolute atomic E-state index is 0.0351. The molecule has 2 heterocycles. The molecule has 0 aliphatic heterocycles. The molecule has 2 amide bonds. The minimum Gasteiger partial charge on any atom is -0.462 e. The summed E-state index contributed by atoms with van der Waals surface area (Å²) < 4.78 is 20.7. The number of nitrogens with zero attached hydrogens (tertiary/aromatic N) is 3. The van der Waals surface area contributed by atoms with Crippen LogP contribution in [0.3, 0.4) is 0 Å². The van der Waals surface area contributed by atoms with Crippen molar-refractivity contribution in [3.63, 3.8) is 0 Å². The predicted octanol–water partition coefficient (Wildman–Crippen LogP) is 4.85. The summed E-state index contributed by atoms with van der Waals surface area (Å²) in [6, 6.07) is 15.1. The molecule has 0 spiro atoms. The molecule has 0 fully saturated rings. The Kier molecular flexibility index (Phi) is 9.10. The zero-order valence-electron chi connectivity index (χ0n) is 22.3. The number of thiophene rings is 1. The van der Waals surface area contributed by atoms with Crippen LogP contribution >= 0.6 is 23.1 Å². The molecule has 1 aliphatic rings. The highest BCUT2D eigenvalue weighted by atomic mass is 32.2. The van der Waals surface area contributed by atoms with E-state index in [1.807, 2.05) is 34.9 Å². The monoisotopic (exact) mass is 593 g/mol. The first-order chi connectivity index (χ1) is 19.9. The van der Waals surface area contributed by atoms with Gasteiger partial charge in [0.2, 0.25) is 5.91 Å². The quantitative estimate of drug-likeness (QED) is 0.189. The number of thioether (sulfide) groups is 1. The average Bonchev–Trinajstić information content (AvgIpc) is 3.66. The molecule has 0 atom stereocenters. The van der Waals surface area contributed by atoms with Crippen molar-refractivity contribution < 1.29 is 23.5 Å². The SMILES string of the molecule is CCOC(=O)c1c(NC(=O)CSc2nnc(CNC(=O)c3cccc(F)c3)n2Cc2ccccc2)sc2c1CCC2. The van der Waals surface area contributed by atoms with Crippen molar-refractivity contribution in [3.8, 4) is 0 Å². The van der Waals surface area contributed by atoms with Crippen molar-refractivity contribution >= 4 is 45.9 Å². The molecule has 0 radical (unpaired) electrons. The largest absolute Gasteiger partial charge is 0.462 e. The molecule has 5 rings (SSSR count). The zero-order valence-corrected chi connectivity index (χ0v) is 23.9. The number of rotatable bonds is 11. The molecule has 212 valence electrons. The van der Waals surface area contributed by atoms with Gasteiger partial charge in [0, 0.05) is 10.4 Å². The molecule has 4 aromatic rings. The molecule has 41 heavy (non-hydrogen) atoms. The van der Waals surface area contributed by atoms with E-state index in [0.29, 0.717) is 28.1 Å². The van der Waals surface area contributed by atoms with Crippen molar-refractivity contribution in [1.82, 2.24) is 20.1 Å². The van der Waals surface area contributed by atoms with Crippen molar-refractivity contribution in [2.75, 3.05) is 17.7 Å². The zero-order chi connectivity index (χ0) is 28.8. The van der Waals surface area contributed by atoms with Gasteiger partial charge in [-0.2, -0.15) is 0 Å². The van der Waals surface area contributed by atoms with Gasteiger partial charge in [-0.15, -0.1) is 21.5 Å². The number of aryl methyl sites for hydroxylation is 1. The van der Waals surface area contributed by atoms with Crippen LogP contribution in [0.4, 0.5) is 9.39 Å². The second-order valence-corrected chi connectivity index (χ2v) is 11.3. The number of fused-ring (bicyclic) bond motifs is 1. The smallest absolute Gasteiger partial charge is 0.341 e. The van der Waals surface area contributed by atoms with Crippen LogP contribution in [-0.4, -0.2) is 44.9 Å². The lowest BCUT2D eigenvalue weighted by atomic mass is 10.1. The Hall–Kier alpha value is -4.03. The maximum absolute atomic E-state index is 13.6. The van der Waals surface area contributed by atoms with E-state index >= 15 is 0 Å². The number of benzene rings is 2. The summed E-state index contributed by atoms with van der Waals surface area (Å²) in [4.78, 5) is 39.3. The molecule has 2 aromatic heterocycles. The third-order valence-corrected chi connectivity index (χ3v) is 8.63. The van der Waals surface area contributed by atoms with E-state index in [0.717, 1.165) is 35.3 Å². The van der Waals surface area contributed by atoms with E-state index in [2.05, 4.69) is 20.8 Å². The summed E-state index contributed by atoms with van der Waals surface area (Å²) in [6.07, 6.45) is 2.67. The van der Waals surface area contributed by atoms with E-state index < -0.39 is 17.7 Å². The standard InChI is InChI=1S/C29H28FN5O4S2/c1-2-39-28(38)25-21-12-7-13-22(21)41-27(25)32-24(36)17-40-29-34-33-23(35(29)16-18-8-4-3-5-9-18)15-31-26(37)19-10-6-11-20(30)14-19/h3-6,8-11,14H,2,7,12-13,15-17H2,1H3,(H,31,37)(H,32,36). The van der Waals surface area contributed by atoms with Crippen molar-refractivity contribution in [2.45, 2.75) is 44.4 Å². The van der Waals surface area contributed by atoms with Gasteiger partial charge in [-0.25, -0.2) is 9.18 Å². The topological polar surface area (TPSA) is 115 Å². The summed E-state index contributed by atoms with van der Waals surface area (Å²) in [7, 11) is 0. The van der Waals surface area contributed by atoms with Crippen molar-refractivity contribution in [1.29, 1.82) is 0 Å². The number of amides is 2. The molecule has 2 aromatic carbocycles. The molecular formula is C29H28FN5O4S2. The number of halogens is 1. The maximum atomic E-state index is 13.6. The molecule has 0 unspecified atom stereocenters. The number of esters is 1. The van der Waals surface area contributed by atoms with Crippen LogP contribution in [0.1, 0.15) is 55.9 Å². The third-order valence-electron chi connectivity index (χ3n) is 6.46. The van der Waals surface area contributed by atoms with Crippen molar-refractivity contribution in [2.24, 2.45) is 0 Å². The lowest BCUT2D eigenvalue weighted by Crippen LogP contribution is -2.25. The molecule has 0 bridgehead atoms. The van der Waals surface area contributed by atoms with Gasteiger partial charge in [-0.05, 0) is 55.5 Å². The lowest BCUT2D eigenvalue weighted by Gasteiger charge is -2.11. The highest BCUT2D eigenvalue weighted by molar-refractivity contribution is 7.99. The van der Waals surface area contributed by atoms with Crippen LogP contribution in [0.5, 0.6) is 0 Å². The highest BCUT2D eigenvalue weighted by Crippen LogP contribution is 2.39. The Morgan fingerprint density at radius 2 is 1.93 bits per heavy atom. The number of nitrogens with one attached hydrogen (secondary N) is 2. The maximum Gasteiger partial charge on any atom is 0.341 e. The first-order valence-corrected chi connectivity index (χ1v) is 15.0. The second-order valence-electron chi connectivity index (χ2n) is 9.28. The van der Waals surface area contributed by atoms with E-state index in [1.165, 1.54) is 47.4 Å². The molecule has 0 saturated heterocycles. The van der Waals surface area contributed by atoms with Gasteiger partial charge in [-0.3, -0.25) is 9.59 Å². The number of anilines is 1. The molecule has 0 saturated carbocycles. The molecule has 9 nitrogen and oxygen atoms in total. The summed E-state index contributed by atoms with van der Waals surface area (Å²) in [5, 5.41) is 15.2. The number of carbonyl (C=O) groups excluding carboxylic acids is 3. The van der Waals surface area contributed by atoms with E-state index in [9.17, 15) is 18.8 Å². The van der Waals surface area contributed by atoms with Gasteiger partial charge in [0.1, 0.15) is 10.8 Å². The minimum atomic E-state index is -0.497. The van der Waals surface area contributed by atoms with Crippen LogP contribution < -0.4 is 10.6 Å². The Balaban J connectivity index is 1.29. The predicted molar refractivity (Wildman–Crippen MR) is 155 cm³/mol. The van der Waals surface area contributed by atoms with Gasteiger partial charge >= 0.3 is 5.97 Å².